The van der Waals surface area contributed by atoms with Gasteiger partial charge in [-0.05, 0) is 63.2 Å². The minimum Gasteiger partial charge on any atom is -0.353 e. The van der Waals surface area contributed by atoms with Crippen LogP contribution in [-0.2, 0) is 9.59 Å². The first-order valence-electron chi connectivity index (χ1n) is 11.5. The molecule has 2 unspecified atom stereocenters. The minimum atomic E-state index is 0. The molecule has 5 nitrogen and oxygen atoms in total. The van der Waals surface area contributed by atoms with Crippen molar-refractivity contribution in [1.82, 2.24) is 10.2 Å². The highest BCUT2D eigenvalue weighted by atomic mass is 35.5. The van der Waals surface area contributed by atoms with Crippen molar-refractivity contribution >= 4 is 24.2 Å². The average molecular weight is 412 g/mol. The zero-order valence-electron chi connectivity index (χ0n) is 17.1. The topological polar surface area (TPSA) is 75.4 Å². The van der Waals surface area contributed by atoms with Crippen LogP contribution in [0.3, 0.4) is 0 Å². The lowest BCUT2D eigenvalue weighted by atomic mass is 9.65. The Bertz CT molecular complexity index is 530. The zero-order valence-corrected chi connectivity index (χ0v) is 17.9. The molecule has 0 spiro atoms. The van der Waals surface area contributed by atoms with Crippen molar-refractivity contribution in [2.24, 2.45) is 29.4 Å². The van der Waals surface area contributed by atoms with Crippen LogP contribution in [0.15, 0.2) is 0 Å². The standard InChI is InChI=1S/C22H37N3O2.ClH/c23-20-16-7-4-8-17(20)14-18(13-16)22(27)25-11-9-19(10-12-25)24-21(26)15-5-2-1-3-6-15;/h15-20H,1-14,23H2,(H,24,26);1H. The number of likely N-dealkylation sites (tertiary alicyclic amines) is 1. The molecule has 1 aliphatic heterocycles. The molecule has 2 amide bonds. The van der Waals surface area contributed by atoms with E-state index in [2.05, 4.69) is 10.2 Å². The molecule has 2 atom stereocenters. The lowest BCUT2D eigenvalue weighted by Gasteiger charge is -2.45. The summed E-state index contributed by atoms with van der Waals surface area (Å²) in [5, 5.41) is 3.27. The quantitative estimate of drug-likeness (QED) is 0.748. The fraction of sp³-hybridized carbons (Fsp3) is 0.909. The maximum Gasteiger partial charge on any atom is 0.225 e. The van der Waals surface area contributed by atoms with Gasteiger partial charge in [-0.3, -0.25) is 9.59 Å². The Morgan fingerprint density at radius 1 is 0.786 bits per heavy atom. The largest absolute Gasteiger partial charge is 0.353 e. The van der Waals surface area contributed by atoms with Crippen molar-refractivity contribution in [3.05, 3.63) is 0 Å². The molecule has 1 saturated heterocycles. The molecule has 0 aromatic carbocycles. The molecule has 3 N–H and O–H groups in total. The van der Waals surface area contributed by atoms with Gasteiger partial charge in [0.2, 0.25) is 11.8 Å². The van der Waals surface area contributed by atoms with E-state index in [-0.39, 0.29) is 36.2 Å². The van der Waals surface area contributed by atoms with Gasteiger partial charge >= 0.3 is 0 Å². The first-order valence-corrected chi connectivity index (χ1v) is 11.5. The van der Waals surface area contributed by atoms with Crippen LogP contribution in [0, 0.1) is 23.7 Å². The lowest BCUT2D eigenvalue weighted by Crippen LogP contribution is -2.52. The van der Waals surface area contributed by atoms with E-state index in [1.165, 1.54) is 38.5 Å². The number of hydrogen-bond donors (Lipinski definition) is 2. The van der Waals surface area contributed by atoms with Crippen molar-refractivity contribution < 1.29 is 9.59 Å². The van der Waals surface area contributed by atoms with Crippen LogP contribution < -0.4 is 11.1 Å². The SMILES string of the molecule is Cl.NC1C2CCCC1CC(C(=O)N1CCC(NC(=O)C3CCCCC3)CC1)C2. The second-order valence-electron chi connectivity index (χ2n) is 9.64. The first-order chi connectivity index (χ1) is 13.1. The molecule has 0 aromatic rings. The molecule has 0 radical (unpaired) electrons. The number of hydrogen-bond acceptors (Lipinski definition) is 3. The van der Waals surface area contributed by atoms with Crippen molar-refractivity contribution in [3.63, 3.8) is 0 Å². The number of amides is 2. The van der Waals surface area contributed by atoms with Gasteiger partial charge in [-0.2, -0.15) is 0 Å². The monoisotopic (exact) mass is 411 g/mol. The smallest absolute Gasteiger partial charge is 0.225 e. The lowest BCUT2D eigenvalue weighted by molar-refractivity contribution is -0.139. The van der Waals surface area contributed by atoms with E-state index in [0.29, 0.717) is 23.8 Å². The van der Waals surface area contributed by atoms with Crippen LogP contribution >= 0.6 is 12.4 Å². The summed E-state index contributed by atoms with van der Waals surface area (Å²) in [6.45, 7) is 1.60. The molecule has 1 heterocycles. The number of fused-ring (bicyclic) bond motifs is 2. The second kappa shape index (κ2) is 9.80. The summed E-state index contributed by atoms with van der Waals surface area (Å²) in [5.74, 6) is 2.14. The summed E-state index contributed by atoms with van der Waals surface area (Å²) in [7, 11) is 0. The van der Waals surface area contributed by atoms with Gasteiger partial charge < -0.3 is 16.0 Å². The highest BCUT2D eigenvalue weighted by Crippen LogP contribution is 2.42. The number of rotatable bonds is 3. The van der Waals surface area contributed by atoms with Crippen LogP contribution in [0.2, 0.25) is 0 Å². The van der Waals surface area contributed by atoms with Crippen LogP contribution in [0.5, 0.6) is 0 Å². The van der Waals surface area contributed by atoms with E-state index in [9.17, 15) is 9.59 Å². The van der Waals surface area contributed by atoms with E-state index in [1.54, 1.807) is 0 Å². The van der Waals surface area contributed by atoms with Gasteiger partial charge in [0, 0.05) is 37.0 Å². The number of carbonyl (C=O) groups is 2. The molecule has 4 rings (SSSR count). The van der Waals surface area contributed by atoms with E-state index in [4.69, 9.17) is 5.73 Å². The predicted octanol–water partition coefficient (Wildman–Crippen LogP) is 3.25. The number of nitrogens with two attached hydrogens (primary N) is 1. The fourth-order valence-corrected chi connectivity index (χ4v) is 6.18. The van der Waals surface area contributed by atoms with Crippen molar-refractivity contribution in [2.75, 3.05) is 13.1 Å². The van der Waals surface area contributed by atoms with Crippen LogP contribution in [0.25, 0.3) is 0 Å². The van der Waals surface area contributed by atoms with Gasteiger partial charge in [-0.15, -0.1) is 12.4 Å². The normalized spacial score (nSPS) is 34.4. The van der Waals surface area contributed by atoms with E-state index < -0.39 is 0 Å². The van der Waals surface area contributed by atoms with Gasteiger partial charge in [-0.25, -0.2) is 0 Å². The average Bonchev–Trinajstić information content (AvgIpc) is 2.68. The third-order valence-corrected chi connectivity index (χ3v) is 7.89. The highest BCUT2D eigenvalue weighted by Gasteiger charge is 2.42. The summed E-state index contributed by atoms with van der Waals surface area (Å²) in [5.41, 5.74) is 6.39. The molecule has 0 aromatic heterocycles. The Labute approximate surface area is 176 Å². The summed E-state index contributed by atoms with van der Waals surface area (Å²) in [4.78, 5) is 27.6. The van der Waals surface area contributed by atoms with Crippen molar-refractivity contribution in [3.8, 4) is 0 Å². The zero-order chi connectivity index (χ0) is 18.8. The van der Waals surface area contributed by atoms with Crippen molar-refractivity contribution in [2.45, 2.75) is 89.1 Å². The van der Waals surface area contributed by atoms with Crippen LogP contribution in [0.4, 0.5) is 0 Å². The maximum atomic E-state index is 13.1. The molecular formula is C22H38ClN3O2. The molecule has 3 saturated carbocycles. The van der Waals surface area contributed by atoms with E-state index >= 15 is 0 Å². The number of piperidine rings is 1. The Morgan fingerprint density at radius 3 is 2.00 bits per heavy atom. The Morgan fingerprint density at radius 2 is 1.39 bits per heavy atom. The first kappa shape index (κ1) is 21.9. The number of nitrogens with zero attached hydrogens (tertiary/aromatic N) is 1. The van der Waals surface area contributed by atoms with Gasteiger partial charge in [0.25, 0.3) is 0 Å². The molecule has 3 aliphatic carbocycles. The number of halogens is 1. The van der Waals surface area contributed by atoms with Crippen LogP contribution in [0.1, 0.15) is 77.0 Å². The predicted molar refractivity (Wildman–Crippen MR) is 113 cm³/mol. The Kier molecular flexibility index (Phi) is 7.66. The molecule has 28 heavy (non-hydrogen) atoms. The molecule has 160 valence electrons. The summed E-state index contributed by atoms with van der Waals surface area (Å²) in [6.07, 6.45) is 13.3. The van der Waals surface area contributed by atoms with Gasteiger partial charge in [0.1, 0.15) is 0 Å². The molecule has 4 aliphatic rings. The minimum absolute atomic E-state index is 0. The van der Waals surface area contributed by atoms with Gasteiger partial charge in [0.15, 0.2) is 0 Å². The molecule has 6 heteroatoms. The van der Waals surface area contributed by atoms with Crippen LogP contribution in [-0.4, -0.2) is 41.9 Å². The molecule has 4 fully saturated rings. The third-order valence-electron chi connectivity index (χ3n) is 7.89. The summed E-state index contributed by atoms with van der Waals surface area (Å²) in [6, 6.07) is 0.575. The Balaban J connectivity index is 0.00000225. The van der Waals surface area contributed by atoms with Gasteiger partial charge in [-0.1, -0.05) is 25.7 Å². The summed E-state index contributed by atoms with van der Waals surface area (Å²) >= 11 is 0. The summed E-state index contributed by atoms with van der Waals surface area (Å²) < 4.78 is 0. The highest BCUT2D eigenvalue weighted by molar-refractivity contribution is 5.85. The Hall–Kier alpha value is -0.810. The van der Waals surface area contributed by atoms with E-state index in [1.807, 2.05) is 0 Å². The van der Waals surface area contributed by atoms with E-state index in [0.717, 1.165) is 51.6 Å². The molecule has 2 bridgehead atoms. The van der Waals surface area contributed by atoms with Gasteiger partial charge in [0.05, 0.1) is 0 Å². The number of nitrogens with one attached hydrogen (secondary N) is 1. The maximum absolute atomic E-state index is 13.1. The van der Waals surface area contributed by atoms with Crippen molar-refractivity contribution in [1.29, 1.82) is 0 Å². The number of carbonyl (C=O) groups excluding carboxylic acids is 2. The fourth-order valence-electron chi connectivity index (χ4n) is 6.18. The second-order valence-corrected chi connectivity index (χ2v) is 9.64. The third kappa shape index (κ3) is 4.84. The molecular weight excluding hydrogens is 374 g/mol.